The van der Waals surface area contributed by atoms with Crippen molar-refractivity contribution in [2.45, 2.75) is 103 Å². The standard InChI is InChI=1S/C36H53N8O14PS2/c1-17(2)28-34(51)40-23(14-27(37)46)31(48)43-29(18(3)4)35(52)44-12-6-7-26(44)33(50)41-24(15-60-61-16-25(36(53)54)38-19(5)45)32(49)39-22(30(47)42-28)13-20-8-10-21(11-9-20)58-59(55,56)57/h8-11,17-18,22-26,28-29H,6-7,12-16H2,1-5H3,(H2,37,46)(H,38,45)(H,39,49)(H,40,51)(H,41,50)(H,42,47)(H,43,48)(H,53,54)(H2,55,56,57)/t22-,23-,24-,25-,26-,28-,29-/m0/s1. The van der Waals surface area contributed by atoms with Crippen molar-refractivity contribution in [3.63, 3.8) is 0 Å². The molecule has 2 aliphatic rings. The van der Waals surface area contributed by atoms with Gasteiger partial charge in [-0.25, -0.2) is 9.36 Å². The maximum atomic E-state index is 14.2. The van der Waals surface area contributed by atoms with Crippen LogP contribution in [0.25, 0.3) is 0 Å². The SMILES string of the molecule is CC(=O)N[C@@H](CSSC[C@@H]1NC(=O)[C@@H]2CCCN2C(=O)[C@H](C(C)C)NC(=O)[C@H](CC(N)=O)NC(=O)[C@H](C(C)C)NC(=O)[C@H](Cc2ccc(OP(=O)(O)O)cc2)NC1=O)C(=O)O. The van der Waals surface area contributed by atoms with Gasteiger partial charge in [-0.05, 0) is 42.4 Å². The number of nitrogens with zero attached hydrogens (tertiary/aromatic N) is 1. The third-order valence-corrected chi connectivity index (χ3v) is 12.3. The van der Waals surface area contributed by atoms with Crippen LogP contribution < -0.4 is 42.2 Å². The van der Waals surface area contributed by atoms with Gasteiger partial charge in [-0.1, -0.05) is 61.4 Å². The van der Waals surface area contributed by atoms with E-state index in [1.807, 2.05) is 0 Å². The van der Waals surface area contributed by atoms with Crippen molar-refractivity contribution < 1.29 is 67.1 Å². The Bertz CT molecular complexity index is 1870. The van der Waals surface area contributed by atoms with Crippen LogP contribution in [0.3, 0.4) is 0 Å². The molecule has 0 aliphatic carbocycles. The van der Waals surface area contributed by atoms with E-state index >= 15 is 0 Å². The lowest BCUT2D eigenvalue weighted by Gasteiger charge is -2.33. The van der Waals surface area contributed by atoms with Crippen molar-refractivity contribution in [2.75, 3.05) is 18.1 Å². The molecule has 22 nitrogen and oxygen atoms in total. The van der Waals surface area contributed by atoms with Crippen LogP contribution in [0.15, 0.2) is 24.3 Å². The molecule has 2 aliphatic heterocycles. The molecule has 3 rings (SSSR count). The van der Waals surface area contributed by atoms with Gasteiger partial charge in [-0.3, -0.25) is 48.1 Å². The van der Waals surface area contributed by atoms with Gasteiger partial charge in [0.15, 0.2) is 0 Å². The Hall–Kier alpha value is -4.90. The highest BCUT2D eigenvalue weighted by molar-refractivity contribution is 8.76. The molecule has 0 radical (unpaired) electrons. The van der Waals surface area contributed by atoms with Crippen molar-refractivity contribution in [1.29, 1.82) is 0 Å². The quantitative estimate of drug-likeness (QED) is 0.0532. The van der Waals surface area contributed by atoms with Crippen LogP contribution in [0.2, 0.25) is 0 Å². The van der Waals surface area contributed by atoms with Crippen LogP contribution in [0, 0.1) is 11.8 Å². The van der Waals surface area contributed by atoms with Crippen LogP contribution in [0.4, 0.5) is 0 Å². The predicted octanol–water partition coefficient (Wildman–Crippen LogP) is -1.71. The summed E-state index contributed by atoms with van der Waals surface area (Å²) < 4.78 is 16.0. The Morgan fingerprint density at radius 1 is 0.836 bits per heavy atom. The third kappa shape index (κ3) is 15.8. The van der Waals surface area contributed by atoms with Gasteiger partial charge in [0.25, 0.3) is 0 Å². The predicted molar refractivity (Wildman–Crippen MR) is 221 cm³/mol. The highest BCUT2D eigenvalue weighted by Gasteiger charge is 2.42. The Labute approximate surface area is 359 Å². The fourth-order valence-electron chi connectivity index (χ4n) is 6.35. The molecule has 0 bridgehead atoms. The molecule has 2 saturated heterocycles. The minimum atomic E-state index is -4.91. The first-order chi connectivity index (χ1) is 28.5. The van der Waals surface area contributed by atoms with Crippen molar-refractivity contribution in [2.24, 2.45) is 17.6 Å². The van der Waals surface area contributed by atoms with Crippen molar-refractivity contribution in [3.8, 4) is 5.75 Å². The van der Waals surface area contributed by atoms with Crippen LogP contribution >= 0.6 is 29.4 Å². The summed E-state index contributed by atoms with van der Waals surface area (Å²) in [6, 6.07) is -4.35. The molecule has 1 aromatic carbocycles. The number of nitrogens with two attached hydrogens (primary N) is 1. The van der Waals surface area contributed by atoms with Crippen LogP contribution in [0.5, 0.6) is 5.75 Å². The van der Waals surface area contributed by atoms with Gasteiger partial charge in [0, 0.05) is 31.4 Å². The molecule has 0 saturated carbocycles. The molecule has 1 aromatic rings. The fourth-order valence-corrected chi connectivity index (χ4v) is 9.07. The van der Waals surface area contributed by atoms with E-state index in [0.29, 0.717) is 12.0 Å². The summed E-state index contributed by atoms with van der Waals surface area (Å²) in [5.41, 5.74) is 5.77. The van der Waals surface area contributed by atoms with Crippen molar-refractivity contribution in [3.05, 3.63) is 29.8 Å². The number of carboxylic acids is 1. The number of phosphoric acid groups is 1. The zero-order valence-corrected chi connectivity index (χ0v) is 36.6. The van der Waals surface area contributed by atoms with Gasteiger partial charge in [-0.2, -0.15) is 0 Å². The van der Waals surface area contributed by atoms with Crippen molar-refractivity contribution in [1.82, 2.24) is 36.8 Å². The lowest BCUT2D eigenvalue weighted by Crippen LogP contribution is -2.63. The largest absolute Gasteiger partial charge is 0.524 e. The third-order valence-electron chi connectivity index (χ3n) is 9.44. The average Bonchev–Trinajstić information content (AvgIpc) is 3.65. The van der Waals surface area contributed by atoms with Crippen LogP contribution in [-0.4, -0.2) is 133 Å². The number of hydrogen-bond donors (Lipinski definition) is 10. The van der Waals surface area contributed by atoms with Gasteiger partial charge < -0.3 is 52.2 Å². The topological polar surface area (TPSA) is 342 Å². The number of amides is 8. The first kappa shape index (κ1) is 50.5. The van der Waals surface area contributed by atoms with E-state index in [0.717, 1.165) is 28.5 Å². The number of benzene rings is 1. The molecule has 0 aromatic heterocycles. The summed E-state index contributed by atoms with van der Waals surface area (Å²) in [6.07, 6.45) is -0.408. The zero-order chi connectivity index (χ0) is 45.8. The van der Waals surface area contributed by atoms with E-state index in [1.165, 1.54) is 29.2 Å². The van der Waals surface area contributed by atoms with Gasteiger partial charge >= 0.3 is 13.8 Å². The average molecular weight is 917 g/mol. The fraction of sp³-hybridized carbons (Fsp3) is 0.583. The van der Waals surface area contributed by atoms with Gasteiger partial charge in [0.1, 0.15) is 48.0 Å². The lowest BCUT2D eigenvalue weighted by atomic mass is 9.99. The molecule has 11 N–H and O–H groups in total. The van der Waals surface area contributed by atoms with E-state index in [4.69, 9.17) is 5.73 Å². The molecule has 61 heavy (non-hydrogen) atoms. The maximum Gasteiger partial charge on any atom is 0.524 e. The summed E-state index contributed by atoms with van der Waals surface area (Å²) in [5, 5.41) is 24.7. The summed E-state index contributed by atoms with van der Waals surface area (Å²) in [5.74, 6) is -9.62. The highest BCUT2D eigenvalue weighted by atomic mass is 33.1. The number of phosphoric ester groups is 1. The van der Waals surface area contributed by atoms with E-state index in [1.54, 1.807) is 27.7 Å². The van der Waals surface area contributed by atoms with E-state index in [9.17, 15) is 62.6 Å². The first-order valence-corrected chi connectivity index (χ1v) is 23.2. The lowest BCUT2D eigenvalue weighted by molar-refractivity contribution is -0.143. The summed E-state index contributed by atoms with van der Waals surface area (Å²) in [4.78, 5) is 139. The smallest absolute Gasteiger partial charge is 0.480 e. The Kier molecular flexibility index (Phi) is 18.9. The molecular formula is C36H53N8O14PS2. The molecule has 7 atom stereocenters. The molecular weight excluding hydrogens is 864 g/mol. The number of rotatable bonds is 15. The second-order valence-electron chi connectivity index (χ2n) is 15.1. The van der Waals surface area contributed by atoms with Gasteiger partial charge in [0.2, 0.25) is 47.3 Å². The summed E-state index contributed by atoms with van der Waals surface area (Å²) in [7, 11) is -2.96. The molecule has 25 heteroatoms. The minimum Gasteiger partial charge on any atom is -0.480 e. The normalized spacial score (nSPS) is 24.0. The van der Waals surface area contributed by atoms with E-state index in [2.05, 4.69) is 36.4 Å². The number of nitrogens with one attached hydrogen (secondary N) is 6. The van der Waals surface area contributed by atoms with Crippen LogP contribution in [-0.2, 0) is 54.1 Å². The number of carbonyl (C=O) groups is 9. The summed E-state index contributed by atoms with van der Waals surface area (Å²) >= 11 is 0. The van der Waals surface area contributed by atoms with Crippen LogP contribution in [0.1, 0.15) is 59.4 Å². The molecule has 0 spiro atoms. The molecule has 0 unspecified atom stereocenters. The number of primary amides is 1. The first-order valence-electron chi connectivity index (χ1n) is 19.2. The second-order valence-corrected chi connectivity index (χ2v) is 18.8. The Balaban J connectivity index is 2.10. The number of fused-ring (bicyclic) bond motifs is 1. The van der Waals surface area contributed by atoms with E-state index < -0.39 is 122 Å². The Morgan fingerprint density at radius 2 is 1.39 bits per heavy atom. The molecule has 2 heterocycles. The molecule has 2 fully saturated rings. The van der Waals surface area contributed by atoms with Crippen molar-refractivity contribution >= 4 is 82.6 Å². The molecule has 8 amide bonds. The van der Waals surface area contributed by atoms with Gasteiger partial charge in [0.05, 0.1) is 6.42 Å². The Morgan fingerprint density at radius 3 is 1.95 bits per heavy atom. The second kappa shape index (κ2) is 22.8. The number of carboxylic acid groups (broad SMARTS) is 1. The number of carbonyl (C=O) groups excluding carboxylic acids is 8. The zero-order valence-electron chi connectivity index (χ0n) is 34.1. The highest BCUT2D eigenvalue weighted by Crippen LogP contribution is 2.37. The summed E-state index contributed by atoms with van der Waals surface area (Å²) in [6.45, 7) is 7.70. The van der Waals surface area contributed by atoms with Gasteiger partial charge in [-0.15, -0.1) is 0 Å². The molecule has 338 valence electrons. The maximum absolute atomic E-state index is 14.2. The number of hydrogen-bond acceptors (Lipinski definition) is 13. The number of aliphatic carboxylic acids is 1. The van der Waals surface area contributed by atoms with E-state index in [-0.39, 0.29) is 36.6 Å². The monoisotopic (exact) mass is 916 g/mol. The minimum absolute atomic E-state index is 0.106.